The molecule has 0 fully saturated rings. The van der Waals surface area contributed by atoms with Crippen LogP contribution in [-0.4, -0.2) is 0 Å². The standard InChI is InChI=1S/C42H9F/c1-3-5-7-9-11-13-19-23-27-31-35-39-42(38-34-30-26-22-12-10-8-6-4-2)40-36-32-28-24-20-17-15-14-16-18-21-25-29-33-37-41-43/h36,40-41H,1-2H3/b42-40-. The highest BCUT2D eigenvalue weighted by molar-refractivity contribution is 5.53. The lowest BCUT2D eigenvalue weighted by Crippen LogP contribution is -1.71. The summed E-state index contributed by atoms with van der Waals surface area (Å²) in [5.41, 5.74) is 34.5. The Bertz CT molecular complexity index is 2460. The molecule has 0 aromatic heterocycles. The molecular formula is C42H9F. The number of allylic oxidation sites excluding steroid dienone is 3. The molecule has 0 aliphatic heterocycles. The maximum absolute atomic E-state index is 11.6. The number of hydrogen-bond acceptors (Lipinski definition) is 0. The second kappa shape index (κ2) is 31.5. The van der Waals surface area contributed by atoms with Gasteiger partial charge < -0.3 is 0 Å². The third kappa shape index (κ3) is 29.6. The minimum atomic E-state index is 0.191. The van der Waals surface area contributed by atoms with Crippen molar-refractivity contribution in [2.45, 2.75) is 13.8 Å². The fourth-order valence-electron chi connectivity index (χ4n) is 1.45. The highest BCUT2D eigenvalue weighted by Crippen LogP contribution is 1.89. The molecule has 0 amide bonds. The van der Waals surface area contributed by atoms with Gasteiger partial charge in [-0.1, -0.05) is 17.6 Å². The topological polar surface area (TPSA) is 0 Å². The summed E-state index contributed by atoms with van der Waals surface area (Å²) in [7, 11) is 0. The molecule has 0 N–H and O–H groups in total. The first kappa shape index (κ1) is 34.5. The van der Waals surface area contributed by atoms with E-state index in [1.54, 1.807) is 19.9 Å². The maximum Gasteiger partial charge on any atom is 0.137 e. The summed E-state index contributed by atoms with van der Waals surface area (Å²) < 4.78 is 11.6. The molecule has 0 aromatic rings. The first-order valence-electron chi connectivity index (χ1n) is 11.2. The van der Waals surface area contributed by atoms with Crippen molar-refractivity contribution in [3.8, 4) is 130 Å². The molecule has 0 aromatic carbocycles. The third-order valence-corrected chi connectivity index (χ3v) is 2.86. The van der Waals surface area contributed by atoms with Gasteiger partial charge in [0.1, 0.15) is 6.33 Å². The Labute approximate surface area is 252 Å². The van der Waals surface area contributed by atoms with Crippen molar-refractivity contribution in [2.75, 3.05) is 0 Å². The molecule has 0 aliphatic rings. The first-order valence-corrected chi connectivity index (χ1v) is 11.2. The predicted octanol–water partition coefficient (Wildman–Crippen LogP) is 4.64. The van der Waals surface area contributed by atoms with Gasteiger partial charge in [0.2, 0.25) is 0 Å². The van der Waals surface area contributed by atoms with Crippen LogP contribution in [0.5, 0.6) is 0 Å². The second-order valence-corrected chi connectivity index (χ2v) is 5.64. The van der Waals surface area contributed by atoms with Crippen LogP contribution in [0.2, 0.25) is 0 Å². The fraction of sp³-hybridized carbons (Fsp3) is 0.0476. The summed E-state index contributed by atoms with van der Waals surface area (Å²) in [6.45, 7) is 3.36. The van der Waals surface area contributed by atoms with E-state index in [1.807, 2.05) is 5.73 Å². The van der Waals surface area contributed by atoms with Gasteiger partial charge in [0.05, 0.1) is 5.57 Å². The molecule has 0 saturated carbocycles. The predicted molar refractivity (Wildman–Crippen MR) is 164 cm³/mol. The Kier molecular flexibility index (Phi) is 25.3. The van der Waals surface area contributed by atoms with Crippen molar-refractivity contribution >= 4 is 0 Å². The van der Waals surface area contributed by atoms with E-state index in [4.69, 9.17) is 0 Å². The van der Waals surface area contributed by atoms with Crippen LogP contribution in [0.25, 0.3) is 0 Å². The van der Waals surface area contributed by atoms with E-state index in [0.29, 0.717) is 5.57 Å². The Hall–Kier alpha value is -8.51. The van der Waals surface area contributed by atoms with Gasteiger partial charge in [-0.2, -0.15) is 0 Å². The van der Waals surface area contributed by atoms with Crippen LogP contribution < -0.4 is 0 Å². The molecule has 0 saturated heterocycles. The van der Waals surface area contributed by atoms with Gasteiger partial charge in [0, 0.05) is 0 Å². The normalized spacial score (nSPS) is 5.14. The van der Waals surface area contributed by atoms with Gasteiger partial charge in [-0.25, -0.2) is 4.39 Å². The Balaban J connectivity index is 6.16. The van der Waals surface area contributed by atoms with Crippen LogP contribution in [0, 0.1) is 130 Å². The summed E-state index contributed by atoms with van der Waals surface area (Å²) in [5, 5.41) is 0. The molecule has 1 heteroatoms. The van der Waals surface area contributed by atoms with E-state index in [2.05, 4.69) is 205 Å². The van der Waals surface area contributed by atoms with E-state index in [0.717, 1.165) is 0 Å². The molecule has 0 spiro atoms. The van der Waals surface area contributed by atoms with Crippen LogP contribution in [0.4, 0.5) is 4.39 Å². The van der Waals surface area contributed by atoms with Crippen molar-refractivity contribution in [3.05, 3.63) is 104 Å². The molecule has 0 bridgehead atoms. The van der Waals surface area contributed by atoms with Crippen molar-refractivity contribution in [2.24, 2.45) is 0 Å². The lowest BCUT2D eigenvalue weighted by atomic mass is 10.2. The Morgan fingerprint density at radius 2 is 0.674 bits per heavy atom. The molecule has 0 heterocycles. The van der Waals surface area contributed by atoms with Crippen molar-refractivity contribution in [3.63, 3.8) is 0 Å². The van der Waals surface area contributed by atoms with Crippen molar-refractivity contribution in [1.82, 2.24) is 0 Å². The van der Waals surface area contributed by atoms with Crippen LogP contribution in [0.15, 0.2) is 104 Å². The SMILES string of the molecule is CC#CC#CC#CC#CC#CC#C/C(C#CC#CC#CC#CC#CC)=C\C=C=C=C=C=C=C=C=C=C=C=C=C=C=C=CF. The largest absolute Gasteiger partial charge is 0.206 e. The minimum absolute atomic E-state index is 0.191. The van der Waals surface area contributed by atoms with E-state index < -0.39 is 0 Å². The highest BCUT2D eigenvalue weighted by atomic mass is 19.1. The monoisotopic (exact) mass is 532 g/mol. The average molecular weight is 533 g/mol. The molecule has 0 nitrogen and oxygen atoms in total. The van der Waals surface area contributed by atoms with Gasteiger partial charge in [0.25, 0.3) is 0 Å². The smallest absolute Gasteiger partial charge is 0.137 e. The van der Waals surface area contributed by atoms with Crippen LogP contribution >= 0.6 is 0 Å². The molecule has 0 unspecified atom stereocenters. The number of hydrogen-bond donors (Lipinski definition) is 0. The highest BCUT2D eigenvalue weighted by Gasteiger charge is 1.81. The number of rotatable bonds is 1. The molecule has 0 atom stereocenters. The third-order valence-electron chi connectivity index (χ3n) is 2.86. The summed E-state index contributed by atoms with van der Waals surface area (Å²) >= 11 is 0. The van der Waals surface area contributed by atoms with Gasteiger partial charge in [-0.3, -0.25) is 0 Å². The quantitative estimate of drug-likeness (QED) is 0.262. The van der Waals surface area contributed by atoms with Gasteiger partial charge in [-0.15, -0.1) is 0 Å². The second-order valence-electron chi connectivity index (χ2n) is 5.64. The van der Waals surface area contributed by atoms with E-state index in [9.17, 15) is 4.39 Å². The van der Waals surface area contributed by atoms with Gasteiger partial charge in [0.15, 0.2) is 0 Å². The lowest BCUT2D eigenvalue weighted by Gasteiger charge is -1.79. The van der Waals surface area contributed by atoms with Crippen LogP contribution in [-0.2, 0) is 0 Å². The zero-order chi connectivity index (χ0) is 31.2. The van der Waals surface area contributed by atoms with E-state index >= 15 is 0 Å². The first-order chi connectivity index (χ1) is 21.3. The fourth-order valence-corrected chi connectivity index (χ4v) is 1.45. The van der Waals surface area contributed by atoms with Gasteiger partial charge >= 0.3 is 0 Å². The van der Waals surface area contributed by atoms with E-state index in [1.165, 1.54) is 6.08 Å². The minimum Gasteiger partial charge on any atom is -0.206 e. The molecule has 184 valence electrons. The zero-order valence-corrected chi connectivity index (χ0v) is 22.6. The summed E-state index contributed by atoms with van der Waals surface area (Å²) in [6, 6.07) is 0. The van der Waals surface area contributed by atoms with Crippen LogP contribution in [0.1, 0.15) is 13.8 Å². The Morgan fingerprint density at radius 3 is 1.02 bits per heavy atom. The molecule has 0 radical (unpaired) electrons. The van der Waals surface area contributed by atoms with Gasteiger partial charge in [-0.05, 0) is 219 Å². The molecular weight excluding hydrogens is 523 g/mol. The van der Waals surface area contributed by atoms with Crippen molar-refractivity contribution < 1.29 is 4.39 Å². The van der Waals surface area contributed by atoms with Crippen molar-refractivity contribution in [1.29, 1.82) is 0 Å². The molecule has 0 aliphatic carbocycles. The zero-order valence-electron chi connectivity index (χ0n) is 22.6. The van der Waals surface area contributed by atoms with E-state index in [-0.39, 0.29) is 6.33 Å². The lowest BCUT2D eigenvalue weighted by molar-refractivity contribution is 0.723. The Morgan fingerprint density at radius 1 is 0.372 bits per heavy atom. The molecule has 43 heavy (non-hydrogen) atoms. The summed E-state index contributed by atoms with van der Waals surface area (Å²) in [5.74, 6) is 56.9. The van der Waals surface area contributed by atoms with Crippen LogP contribution in [0.3, 0.4) is 0 Å². The molecule has 0 rings (SSSR count). The average Bonchev–Trinajstić information content (AvgIpc) is 3.02. The maximum atomic E-state index is 11.6. The summed E-state index contributed by atoms with van der Waals surface area (Å²) in [6.07, 6.45) is 3.28. The number of halogens is 1. The summed E-state index contributed by atoms with van der Waals surface area (Å²) in [4.78, 5) is 0.